The Morgan fingerprint density at radius 3 is 2.57 bits per heavy atom. The highest BCUT2D eigenvalue weighted by molar-refractivity contribution is 5.95. The molecule has 0 radical (unpaired) electrons. The van der Waals surface area contributed by atoms with Crippen molar-refractivity contribution in [3.05, 3.63) is 33.9 Å². The fourth-order valence-corrected chi connectivity index (χ4v) is 2.03. The second-order valence-electron chi connectivity index (χ2n) is 5.49. The van der Waals surface area contributed by atoms with E-state index in [1.54, 1.807) is 20.9 Å². The van der Waals surface area contributed by atoms with E-state index < -0.39 is 10.5 Å². The van der Waals surface area contributed by atoms with Gasteiger partial charge in [0.15, 0.2) is 0 Å². The molecule has 0 saturated carbocycles. The van der Waals surface area contributed by atoms with Gasteiger partial charge >= 0.3 is 0 Å². The number of nitro groups is 1. The van der Waals surface area contributed by atoms with Crippen LogP contribution in [0.4, 0.5) is 11.4 Å². The van der Waals surface area contributed by atoms with Crippen LogP contribution in [0, 0.1) is 10.1 Å². The zero-order chi connectivity index (χ0) is 16.2. The number of likely N-dealkylation sites (N-methyl/N-ethyl adjacent to an activating group) is 1. The lowest BCUT2D eigenvalue weighted by Gasteiger charge is -2.25. The highest BCUT2D eigenvalue weighted by Gasteiger charge is 2.22. The minimum absolute atomic E-state index is 0.0708. The smallest absolute Gasteiger partial charge is 0.292 e. The Hall–Kier alpha value is -2.15. The average Bonchev–Trinajstić information content (AvgIpc) is 2.35. The Morgan fingerprint density at radius 1 is 1.48 bits per heavy atom. The Kier molecular flexibility index (Phi) is 5.26. The van der Waals surface area contributed by atoms with Gasteiger partial charge in [0.2, 0.25) is 0 Å². The van der Waals surface area contributed by atoms with Gasteiger partial charge in [-0.2, -0.15) is 0 Å². The first-order chi connectivity index (χ1) is 9.65. The van der Waals surface area contributed by atoms with Gasteiger partial charge in [-0.3, -0.25) is 14.9 Å². The molecular formula is C14H21N3O4. The maximum atomic E-state index is 12.3. The van der Waals surface area contributed by atoms with Gasteiger partial charge in [-0.1, -0.05) is 0 Å². The van der Waals surface area contributed by atoms with Crippen LogP contribution in [0.5, 0.6) is 0 Å². The first-order valence-electron chi connectivity index (χ1n) is 6.66. The second kappa shape index (κ2) is 6.53. The Bertz CT molecular complexity index is 538. The standard InChI is InChI=1S/C14H21N3O4/c1-5-15-11-8-10(6-7-12(11)17(20)21)13(18)16(4)9-14(2,3)19/h6-8,15,19H,5,9H2,1-4H3. The first kappa shape index (κ1) is 16.9. The van der Waals surface area contributed by atoms with Gasteiger partial charge in [-0.25, -0.2) is 0 Å². The molecule has 0 atom stereocenters. The number of nitrogens with one attached hydrogen (secondary N) is 1. The number of carbonyl (C=O) groups excluding carboxylic acids is 1. The molecule has 1 aromatic rings. The minimum atomic E-state index is -1.00. The largest absolute Gasteiger partial charge is 0.389 e. The number of benzene rings is 1. The van der Waals surface area contributed by atoms with Crippen molar-refractivity contribution in [3.8, 4) is 0 Å². The third-order valence-corrected chi connectivity index (χ3v) is 2.78. The predicted molar refractivity (Wildman–Crippen MR) is 80.5 cm³/mol. The molecule has 0 bridgehead atoms. The average molecular weight is 295 g/mol. The van der Waals surface area contributed by atoms with Crippen LogP contribution in [0.15, 0.2) is 18.2 Å². The lowest BCUT2D eigenvalue weighted by molar-refractivity contribution is -0.384. The van der Waals surface area contributed by atoms with E-state index in [0.717, 1.165) is 0 Å². The Balaban J connectivity index is 3.05. The van der Waals surface area contributed by atoms with Gasteiger partial charge in [0, 0.05) is 31.8 Å². The molecule has 0 aliphatic rings. The molecule has 0 aliphatic heterocycles. The van der Waals surface area contributed by atoms with Crippen LogP contribution >= 0.6 is 0 Å². The van der Waals surface area contributed by atoms with Gasteiger partial charge in [-0.15, -0.1) is 0 Å². The normalized spacial score (nSPS) is 11.1. The maximum absolute atomic E-state index is 12.3. The zero-order valence-electron chi connectivity index (χ0n) is 12.7. The van der Waals surface area contributed by atoms with Gasteiger partial charge in [0.05, 0.1) is 10.5 Å². The number of nitro benzene ring substituents is 1. The summed E-state index contributed by atoms with van der Waals surface area (Å²) < 4.78 is 0. The lowest BCUT2D eigenvalue weighted by Crippen LogP contribution is -2.39. The quantitative estimate of drug-likeness (QED) is 0.617. The van der Waals surface area contributed by atoms with E-state index in [2.05, 4.69) is 5.32 Å². The van der Waals surface area contributed by atoms with E-state index >= 15 is 0 Å². The fourth-order valence-electron chi connectivity index (χ4n) is 2.03. The van der Waals surface area contributed by atoms with E-state index in [0.29, 0.717) is 17.8 Å². The van der Waals surface area contributed by atoms with E-state index in [9.17, 15) is 20.0 Å². The molecule has 0 aliphatic carbocycles. The number of anilines is 1. The molecular weight excluding hydrogens is 274 g/mol. The summed E-state index contributed by atoms with van der Waals surface area (Å²) in [5.41, 5.74) is -0.428. The van der Waals surface area contributed by atoms with Crippen LogP contribution in [0.2, 0.25) is 0 Å². The lowest BCUT2D eigenvalue weighted by atomic mass is 10.1. The molecule has 7 nitrogen and oxygen atoms in total. The molecule has 2 N–H and O–H groups in total. The Morgan fingerprint density at radius 2 is 2.10 bits per heavy atom. The summed E-state index contributed by atoms with van der Waals surface area (Å²) in [6.45, 7) is 5.71. The highest BCUT2D eigenvalue weighted by Crippen LogP contribution is 2.26. The van der Waals surface area contributed by atoms with Crippen molar-refractivity contribution in [3.63, 3.8) is 0 Å². The highest BCUT2D eigenvalue weighted by atomic mass is 16.6. The summed E-state index contributed by atoms with van der Waals surface area (Å²) in [6.07, 6.45) is 0. The van der Waals surface area contributed by atoms with Crippen molar-refractivity contribution < 1.29 is 14.8 Å². The molecule has 0 heterocycles. The van der Waals surface area contributed by atoms with Crippen LogP contribution in [-0.2, 0) is 0 Å². The van der Waals surface area contributed by atoms with Crippen LogP contribution in [0.25, 0.3) is 0 Å². The molecule has 21 heavy (non-hydrogen) atoms. The molecule has 7 heteroatoms. The number of nitrogens with zero attached hydrogens (tertiary/aromatic N) is 2. The zero-order valence-corrected chi connectivity index (χ0v) is 12.7. The number of hydrogen-bond donors (Lipinski definition) is 2. The SMILES string of the molecule is CCNc1cc(C(=O)N(C)CC(C)(C)O)ccc1[N+](=O)[O-]. The van der Waals surface area contributed by atoms with E-state index in [1.165, 1.54) is 23.1 Å². The maximum Gasteiger partial charge on any atom is 0.292 e. The predicted octanol–water partition coefficient (Wildman–Crippen LogP) is 1.87. The number of hydrogen-bond acceptors (Lipinski definition) is 5. The number of carbonyl (C=O) groups is 1. The summed E-state index contributed by atoms with van der Waals surface area (Å²) in [5, 5.41) is 23.6. The summed E-state index contributed by atoms with van der Waals surface area (Å²) >= 11 is 0. The second-order valence-corrected chi connectivity index (χ2v) is 5.49. The van der Waals surface area contributed by atoms with Crippen molar-refractivity contribution in [1.82, 2.24) is 4.90 Å². The monoisotopic (exact) mass is 295 g/mol. The molecule has 0 spiro atoms. The third kappa shape index (κ3) is 4.71. The summed E-state index contributed by atoms with van der Waals surface area (Å²) in [4.78, 5) is 24.1. The number of amides is 1. The molecule has 1 aromatic carbocycles. The molecule has 1 rings (SSSR count). The van der Waals surface area contributed by atoms with Gasteiger partial charge in [0.25, 0.3) is 11.6 Å². The van der Waals surface area contributed by atoms with Gasteiger partial charge < -0.3 is 15.3 Å². The summed E-state index contributed by atoms with van der Waals surface area (Å²) in [5.74, 6) is -0.300. The molecule has 0 aromatic heterocycles. The molecule has 116 valence electrons. The third-order valence-electron chi connectivity index (χ3n) is 2.78. The van der Waals surface area contributed by atoms with Crippen LogP contribution in [0.1, 0.15) is 31.1 Å². The van der Waals surface area contributed by atoms with E-state index in [1.807, 2.05) is 6.92 Å². The first-order valence-corrected chi connectivity index (χ1v) is 6.66. The van der Waals surface area contributed by atoms with E-state index in [-0.39, 0.29) is 18.1 Å². The van der Waals surface area contributed by atoms with Crippen molar-refractivity contribution in [2.24, 2.45) is 0 Å². The number of rotatable bonds is 6. The molecule has 0 unspecified atom stereocenters. The van der Waals surface area contributed by atoms with Gasteiger partial charge in [-0.05, 0) is 32.9 Å². The summed E-state index contributed by atoms with van der Waals surface area (Å²) in [6, 6.07) is 4.19. The number of aliphatic hydroxyl groups is 1. The van der Waals surface area contributed by atoms with Crippen LogP contribution in [0.3, 0.4) is 0 Å². The molecule has 1 amide bonds. The van der Waals surface area contributed by atoms with Crippen LogP contribution < -0.4 is 5.32 Å². The van der Waals surface area contributed by atoms with Crippen molar-refractivity contribution in [1.29, 1.82) is 0 Å². The van der Waals surface area contributed by atoms with Crippen molar-refractivity contribution in [2.45, 2.75) is 26.4 Å². The minimum Gasteiger partial charge on any atom is -0.389 e. The van der Waals surface area contributed by atoms with Crippen molar-refractivity contribution >= 4 is 17.3 Å². The van der Waals surface area contributed by atoms with Crippen LogP contribution in [-0.4, -0.2) is 46.6 Å². The molecule has 0 saturated heterocycles. The topological polar surface area (TPSA) is 95.7 Å². The van der Waals surface area contributed by atoms with E-state index in [4.69, 9.17) is 0 Å². The summed E-state index contributed by atoms with van der Waals surface area (Å²) in [7, 11) is 1.58. The fraction of sp³-hybridized carbons (Fsp3) is 0.500. The molecule has 0 fully saturated rings. The Labute approximate surface area is 123 Å². The van der Waals surface area contributed by atoms with Crippen molar-refractivity contribution in [2.75, 3.05) is 25.5 Å². The van der Waals surface area contributed by atoms with Gasteiger partial charge in [0.1, 0.15) is 5.69 Å².